The average molecular weight is 503 g/mol. The number of nitrogens with zero attached hydrogens (tertiary/aromatic N) is 4. The monoisotopic (exact) mass is 502 g/mol. The van der Waals surface area contributed by atoms with E-state index in [0.717, 1.165) is 11.3 Å². The van der Waals surface area contributed by atoms with Gasteiger partial charge in [-0.1, -0.05) is 66.7 Å². The van der Waals surface area contributed by atoms with Crippen molar-refractivity contribution in [1.29, 1.82) is 0 Å². The predicted octanol–water partition coefficient (Wildman–Crippen LogP) is 6.71. The van der Waals surface area contributed by atoms with Crippen LogP contribution in [0.2, 0.25) is 0 Å². The smallest absolute Gasteiger partial charge is 0.283 e. The van der Waals surface area contributed by atoms with Gasteiger partial charge in [0.1, 0.15) is 11.3 Å². The summed E-state index contributed by atoms with van der Waals surface area (Å²) < 4.78 is 8.19. The van der Waals surface area contributed by atoms with Crippen molar-refractivity contribution < 1.29 is 9.84 Å². The quantitative estimate of drug-likeness (QED) is 0.240. The number of methoxy groups -OCH3 is 1. The molecule has 1 heterocycles. The van der Waals surface area contributed by atoms with Crippen LogP contribution in [0.15, 0.2) is 136 Å². The van der Waals surface area contributed by atoms with E-state index in [2.05, 4.69) is 10.2 Å². The summed E-state index contributed by atoms with van der Waals surface area (Å²) >= 11 is 0. The third-order valence-corrected chi connectivity index (χ3v) is 6.05. The van der Waals surface area contributed by atoms with Gasteiger partial charge in [0.05, 0.1) is 30.4 Å². The van der Waals surface area contributed by atoms with E-state index in [0.29, 0.717) is 29.1 Å². The van der Waals surface area contributed by atoms with Gasteiger partial charge in [-0.3, -0.25) is 4.79 Å². The van der Waals surface area contributed by atoms with Crippen LogP contribution in [0.5, 0.6) is 11.6 Å². The Kier molecular flexibility index (Phi) is 7.27. The second kappa shape index (κ2) is 11.3. The number of benzene rings is 4. The van der Waals surface area contributed by atoms with Gasteiger partial charge in [-0.25, -0.2) is 9.36 Å². The highest BCUT2D eigenvalue weighted by atomic mass is 16.5. The van der Waals surface area contributed by atoms with Crippen molar-refractivity contribution in [2.45, 2.75) is 6.42 Å². The number of allylic oxidation sites excluding steroid dienone is 1. The Bertz CT molecular complexity index is 1620. The second-order valence-corrected chi connectivity index (χ2v) is 8.53. The molecule has 0 radical (unpaired) electrons. The minimum Gasteiger partial charge on any atom is -0.497 e. The lowest BCUT2D eigenvalue weighted by Crippen LogP contribution is -2.21. The maximum atomic E-state index is 14.0. The number of rotatable bonds is 8. The Morgan fingerprint density at radius 1 is 0.789 bits per heavy atom. The van der Waals surface area contributed by atoms with Gasteiger partial charge in [0, 0.05) is 6.42 Å². The second-order valence-electron chi connectivity index (χ2n) is 8.53. The highest BCUT2D eigenvalue weighted by molar-refractivity contribution is 5.72. The number of para-hydroxylation sites is 2. The van der Waals surface area contributed by atoms with Gasteiger partial charge in [-0.2, -0.15) is 10.2 Å². The summed E-state index contributed by atoms with van der Waals surface area (Å²) in [4.78, 5) is 14.0. The predicted molar refractivity (Wildman–Crippen MR) is 149 cm³/mol. The van der Waals surface area contributed by atoms with Gasteiger partial charge in [0.2, 0.25) is 5.88 Å². The summed E-state index contributed by atoms with van der Waals surface area (Å²) in [6.45, 7) is 0. The van der Waals surface area contributed by atoms with Gasteiger partial charge in [0.25, 0.3) is 5.56 Å². The summed E-state index contributed by atoms with van der Waals surface area (Å²) in [7, 11) is 1.60. The molecule has 1 N–H and O–H groups in total. The van der Waals surface area contributed by atoms with Crippen LogP contribution in [-0.4, -0.2) is 21.6 Å². The van der Waals surface area contributed by atoms with E-state index < -0.39 is 0 Å². The SMILES string of the molecule is COc1ccc(N=NC=C(Cc2ccccc2)c2c(O)n(-c3ccccc3)n(-c3ccccc3)c2=O)cc1. The van der Waals surface area contributed by atoms with Gasteiger partial charge >= 0.3 is 0 Å². The number of aromatic nitrogens is 2. The fourth-order valence-corrected chi connectivity index (χ4v) is 4.21. The number of aromatic hydroxyl groups is 1. The molecule has 0 aliphatic carbocycles. The molecule has 0 atom stereocenters. The molecule has 0 saturated carbocycles. The van der Waals surface area contributed by atoms with Crippen LogP contribution in [0.25, 0.3) is 16.9 Å². The van der Waals surface area contributed by atoms with Crippen LogP contribution in [0.1, 0.15) is 11.1 Å². The molecule has 0 saturated heterocycles. The molecule has 0 bridgehead atoms. The average Bonchev–Trinajstić information content (AvgIpc) is 3.23. The van der Waals surface area contributed by atoms with E-state index in [1.807, 2.05) is 91.0 Å². The molecular weight excluding hydrogens is 476 g/mol. The number of hydrogen-bond donors (Lipinski definition) is 1. The zero-order valence-electron chi connectivity index (χ0n) is 20.8. The molecule has 7 heteroatoms. The molecule has 0 fully saturated rings. The lowest BCUT2D eigenvalue weighted by molar-refractivity contribution is 0.415. The first-order chi connectivity index (χ1) is 18.7. The normalized spacial score (nSPS) is 11.7. The van der Waals surface area contributed by atoms with E-state index in [9.17, 15) is 9.90 Å². The van der Waals surface area contributed by atoms with Crippen LogP contribution in [-0.2, 0) is 6.42 Å². The molecular formula is C31H26N4O3. The van der Waals surface area contributed by atoms with Crippen molar-refractivity contribution in [1.82, 2.24) is 9.36 Å². The lowest BCUT2D eigenvalue weighted by atomic mass is 10.0. The van der Waals surface area contributed by atoms with Crippen molar-refractivity contribution in [2.75, 3.05) is 7.11 Å². The number of azo groups is 1. The summed E-state index contributed by atoms with van der Waals surface area (Å²) in [5, 5.41) is 20.1. The van der Waals surface area contributed by atoms with Gasteiger partial charge in [-0.05, 0) is 59.7 Å². The minimum atomic E-state index is -0.362. The number of ether oxygens (including phenoxy) is 1. The van der Waals surface area contributed by atoms with Crippen molar-refractivity contribution in [3.05, 3.63) is 143 Å². The first kappa shape index (κ1) is 24.5. The molecule has 4 aromatic carbocycles. The van der Waals surface area contributed by atoms with Crippen molar-refractivity contribution >= 4 is 11.3 Å². The third kappa shape index (κ3) is 5.17. The Balaban J connectivity index is 1.67. The van der Waals surface area contributed by atoms with Crippen molar-refractivity contribution in [3.8, 4) is 23.0 Å². The lowest BCUT2D eigenvalue weighted by Gasteiger charge is -2.12. The first-order valence-corrected chi connectivity index (χ1v) is 12.1. The van der Waals surface area contributed by atoms with E-state index in [-0.39, 0.29) is 17.0 Å². The Morgan fingerprint density at radius 2 is 1.34 bits per heavy atom. The van der Waals surface area contributed by atoms with Crippen LogP contribution in [0.4, 0.5) is 5.69 Å². The van der Waals surface area contributed by atoms with E-state index in [1.165, 1.54) is 9.36 Å². The maximum absolute atomic E-state index is 14.0. The molecule has 188 valence electrons. The van der Waals surface area contributed by atoms with Gasteiger partial charge in [0.15, 0.2) is 0 Å². The minimum absolute atomic E-state index is 0.162. The Morgan fingerprint density at radius 3 is 1.92 bits per heavy atom. The molecule has 1 aromatic heterocycles. The molecule has 38 heavy (non-hydrogen) atoms. The molecule has 5 rings (SSSR count). The molecule has 0 amide bonds. The first-order valence-electron chi connectivity index (χ1n) is 12.1. The number of hydrogen-bond acceptors (Lipinski definition) is 5. The van der Waals surface area contributed by atoms with Gasteiger partial charge < -0.3 is 9.84 Å². The highest BCUT2D eigenvalue weighted by Crippen LogP contribution is 2.30. The van der Waals surface area contributed by atoms with Crippen molar-refractivity contribution in [2.24, 2.45) is 10.2 Å². The fraction of sp³-hybridized carbons (Fsp3) is 0.0645. The zero-order valence-corrected chi connectivity index (χ0v) is 20.8. The van der Waals surface area contributed by atoms with Crippen molar-refractivity contribution in [3.63, 3.8) is 0 Å². The molecule has 0 spiro atoms. The van der Waals surface area contributed by atoms with E-state index >= 15 is 0 Å². The summed E-state index contributed by atoms with van der Waals surface area (Å²) in [5.41, 5.74) is 3.22. The van der Waals surface area contributed by atoms with Gasteiger partial charge in [-0.15, -0.1) is 0 Å². The summed E-state index contributed by atoms with van der Waals surface area (Å²) in [6, 6.07) is 35.4. The van der Waals surface area contributed by atoms with Crippen LogP contribution < -0.4 is 10.3 Å². The Labute approximate surface area is 220 Å². The fourth-order valence-electron chi connectivity index (χ4n) is 4.21. The molecule has 5 aromatic rings. The third-order valence-electron chi connectivity index (χ3n) is 6.05. The van der Waals surface area contributed by atoms with E-state index in [1.54, 1.807) is 37.6 Å². The van der Waals surface area contributed by atoms with E-state index in [4.69, 9.17) is 4.74 Å². The topological polar surface area (TPSA) is 81.1 Å². The van der Waals surface area contributed by atoms with Crippen LogP contribution in [0, 0.1) is 0 Å². The molecule has 7 nitrogen and oxygen atoms in total. The maximum Gasteiger partial charge on any atom is 0.283 e. The van der Waals surface area contributed by atoms with Crippen LogP contribution in [0.3, 0.4) is 0 Å². The van der Waals surface area contributed by atoms with Crippen LogP contribution >= 0.6 is 0 Å². The summed E-state index contributed by atoms with van der Waals surface area (Å²) in [5.74, 6) is 0.546. The Hall–Kier alpha value is -5.17. The molecule has 0 aliphatic rings. The largest absolute Gasteiger partial charge is 0.497 e. The zero-order chi connectivity index (χ0) is 26.3. The molecule has 0 aliphatic heterocycles. The molecule has 0 unspecified atom stereocenters. The summed E-state index contributed by atoms with van der Waals surface area (Å²) in [6.07, 6.45) is 1.91. The standard InChI is InChI=1S/C31H26N4O3/c1-38-28-19-17-25(18-20-28)33-32-22-24(21-23-11-5-2-6-12-23)29-30(36)34(26-13-7-3-8-14-26)35(31(29)37)27-15-9-4-10-16-27/h2-20,22,36H,21H2,1H3. The highest BCUT2D eigenvalue weighted by Gasteiger charge is 2.25.